The third-order valence-electron chi connectivity index (χ3n) is 4.69. The number of aryl methyl sites for hydroxylation is 3. The molecule has 1 saturated heterocycles. The van der Waals surface area contributed by atoms with E-state index in [9.17, 15) is 9.59 Å². The van der Waals surface area contributed by atoms with Gasteiger partial charge >= 0.3 is 0 Å². The molecular formula is C23H25N3O2S. The summed E-state index contributed by atoms with van der Waals surface area (Å²) < 4.78 is 0. The zero-order valence-electron chi connectivity index (χ0n) is 16.9. The summed E-state index contributed by atoms with van der Waals surface area (Å²) in [6.07, 6.45) is 1.77. The SMILES string of the molecule is C=CCN1C(=O)[C@H](CC(=O)Nc2ccc(C)cc2C)SC1=Nc1ccccc1C. The topological polar surface area (TPSA) is 61.8 Å². The molecule has 0 unspecified atom stereocenters. The van der Waals surface area contributed by atoms with Crippen LogP contribution in [0.5, 0.6) is 0 Å². The van der Waals surface area contributed by atoms with Gasteiger partial charge < -0.3 is 5.32 Å². The third kappa shape index (κ3) is 4.95. The Bertz CT molecular complexity index is 984. The Labute approximate surface area is 175 Å². The van der Waals surface area contributed by atoms with E-state index < -0.39 is 5.25 Å². The quantitative estimate of drug-likeness (QED) is 0.703. The van der Waals surface area contributed by atoms with Gasteiger partial charge in [0.1, 0.15) is 5.25 Å². The highest BCUT2D eigenvalue weighted by atomic mass is 32.2. The molecule has 0 aromatic heterocycles. The lowest BCUT2D eigenvalue weighted by Crippen LogP contribution is -2.33. The fraction of sp³-hybridized carbons (Fsp3) is 0.261. The highest BCUT2D eigenvalue weighted by Gasteiger charge is 2.38. The zero-order chi connectivity index (χ0) is 21.0. The van der Waals surface area contributed by atoms with E-state index in [1.54, 1.807) is 11.0 Å². The fourth-order valence-corrected chi connectivity index (χ4v) is 4.30. The second-order valence-corrected chi connectivity index (χ2v) is 8.27. The molecular weight excluding hydrogens is 382 g/mol. The normalized spacial score (nSPS) is 17.6. The molecule has 1 aliphatic rings. The molecule has 0 aliphatic carbocycles. The fourth-order valence-electron chi connectivity index (χ4n) is 3.14. The number of hydrogen-bond acceptors (Lipinski definition) is 4. The summed E-state index contributed by atoms with van der Waals surface area (Å²) in [5.41, 5.74) is 4.76. The Kier molecular flexibility index (Phi) is 6.54. The average molecular weight is 408 g/mol. The maximum absolute atomic E-state index is 12.9. The molecule has 0 saturated carbocycles. The van der Waals surface area contributed by atoms with Gasteiger partial charge in [-0.2, -0.15) is 0 Å². The van der Waals surface area contributed by atoms with Crippen molar-refractivity contribution in [3.05, 3.63) is 71.8 Å². The summed E-state index contributed by atoms with van der Waals surface area (Å²) in [5, 5.41) is 3.03. The van der Waals surface area contributed by atoms with Crippen LogP contribution in [0.15, 0.2) is 60.1 Å². The van der Waals surface area contributed by atoms with Gasteiger partial charge in [-0.1, -0.05) is 53.7 Å². The predicted molar refractivity (Wildman–Crippen MR) is 121 cm³/mol. The number of anilines is 1. The van der Waals surface area contributed by atoms with Crippen LogP contribution in [-0.2, 0) is 9.59 Å². The molecule has 1 heterocycles. The largest absolute Gasteiger partial charge is 0.326 e. The number of benzene rings is 2. The minimum Gasteiger partial charge on any atom is -0.326 e. The Hall–Kier alpha value is -2.86. The van der Waals surface area contributed by atoms with Gasteiger partial charge in [0, 0.05) is 18.7 Å². The van der Waals surface area contributed by atoms with Crippen LogP contribution in [0.4, 0.5) is 11.4 Å². The Morgan fingerprint density at radius 3 is 2.66 bits per heavy atom. The van der Waals surface area contributed by atoms with Gasteiger partial charge in [0.15, 0.2) is 5.17 Å². The number of nitrogens with one attached hydrogen (secondary N) is 1. The van der Waals surface area contributed by atoms with E-state index in [-0.39, 0.29) is 18.2 Å². The van der Waals surface area contributed by atoms with Crippen LogP contribution in [-0.4, -0.2) is 33.7 Å². The Morgan fingerprint density at radius 2 is 1.97 bits per heavy atom. The summed E-state index contributed by atoms with van der Waals surface area (Å²) in [4.78, 5) is 31.7. The Balaban J connectivity index is 1.76. The maximum Gasteiger partial charge on any atom is 0.242 e. The summed E-state index contributed by atoms with van der Waals surface area (Å²) in [6.45, 7) is 10.1. The van der Waals surface area contributed by atoms with E-state index in [1.165, 1.54) is 11.8 Å². The molecule has 1 atom stereocenters. The minimum absolute atomic E-state index is 0.0945. The van der Waals surface area contributed by atoms with Crippen LogP contribution in [0.2, 0.25) is 0 Å². The van der Waals surface area contributed by atoms with Crippen molar-refractivity contribution in [1.82, 2.24) is 4.90 Å². The van der Waals surface area contributed by atoms with Crippen molar-refractivity contribution in [2.75, 3.05) is 11.9 Å². The van der Waals surface area contributed by atoms with Gasteiger partial charge in [0.2, 0.25) is 11.8 Å². The molecule has 0 spiro atoms. The van der Waals surface area contributed by atoms with Gasteiger partial charge in [-0.3, -0.25) is 14.5 Å². The number of aliphatic imine (C=N–C) groups is 1. The van der Waals surface area contributed by atoms with Crippen LogP contribution < -0.4 is 5.32 Å². The van der Waals surface area contributed by atoms with Crippen LogP contribution in [0.25, 0.3) is 0 Å². The van der Waals surface area contributed by atoms with E-state index in [2.05, 4.69) is 16.9 Å². The summed E-state index contributed by atoms with van der Waals surface area (Å²) in [6, 6.07) is 13.6. The predicted octanol–water partition coefficient (Wildman–Crippen LogP) is 4.76. The third-order valence-corrected chi connectivity index (χ3v) is 5.87. The summed E-state index contributed by atoms with van der Waals surface area (Å²) in [7, 11) is 0. The summed E-state index contributed by atoms with van der Waals surface area (Å²) >= 11 is 1.33. The van der Waals surface area contributed by atoms with Gasteiger partial charge in [0.05, 0.1) is 5.69 Å². The molecule has 2 amide bonds. The van der Waals surface area contributed by atoms with E-state index in [0.717, 1.165) is 28.1 Å². The molecule has 0 radical (unpaired) electrons. The molecule has 5 nitrogen and oxygen atoms in total. The van der Waals surface area contributed by atoms with Crippen molar-refractivity contribution in [2.24, 2.45) is 4.99 Å². The van der Waals surface area contributed by atoms with Crippen LogP contribution in [0, 0.1) is 20.8 Å². The van der Waals surface area contributed by atoms with Gasteiger partial charge in [-0.25, -0.2) is 4.99 Å². The molecule has 1 aliphatic heterocycles. The number of amidine groups is 1. The van der Waals surface area contributed by atoms with E-state index in [1.807, 2.05) is 63.2 Å². The lowest BCUT2D eigenvalue weighted by molar-refractivity contribution is -0.127. The number of hydrogen-bond donors (Lipinski definition) is 1. The summed E-state index contributed by atoms with van der Waals surface area (Å²) in [5.74, 6) is -0.295. The second-order valence-electron chi connectivity index (χ2n) is 7.10. The average Bonchev–Trinajstić information content (AvgIpc) is 2.95. The number of carbonyl (C=O) groups excluding carboxylic acids is 2. The number of thioether (sulfide) groups is 1. The number of amides is 2. The first kappa shape index (κ1) is 20.9. The zero-order valence-corrected chi connectivity index (χ0v) is 17.8. The number of rotatable bonds is 6. The van der Waals surface area contributed by atoms with Crippen molar-refractivity contribution in [3.63, 3.8) is 0 Å². The molecule has 2 aromatic rings. The van der Waals surface area contributed by atoms with Crippen molar-refractivity contribution >= 4 is 40.1 Å². The number of para-hydroxylation sites is 1. The highest BCUT2D eigenvalue weighted by molar-refractivity contribution is 8.15. The molecule has 1 fully saturated rings. The molecule has 0 bridgehead atoms. The van der Waals surface area contributed by atoms with Crippen LogP contribution in [0.3, 0.4) is 0 Å². The minimum atomic E-state index is -0.497. The monoisotopic (exact) mass is 407 g/mol. The Morgan fingerprint density at radius 1 is 1.21 bits per heavy atom. The van der Waals surface area contributed by atoms with Crippen molar-refractivity contribution in [3.8, 4) is 0 Å². The van der Waals surface area contributed by atoms with Crippen molar-refractivity contribution in [1.29, 1.82) is 0 Å². The lowest BCUT2D eigenvalue weighted by atomic mass is 10.1. The molecule has 29 heavy (non-hydrogen) atoms. The molecule has 1 N–H and O–H groups in total. The number of carbonyl (C=O) groups is 2. The highest BCUT2D eigenvalue weighted by Crippen LogP contribution is 2.32. The molecule has 3 rings (SSSR count). The van der Waals surface area contributed by atoms with Crippen molar-refractivity contribution < 1.29 is 9.59 Å². The first-order chi connectivity index (χ1) is 13.9. The molecule has 150 valence electrons. The van der Waals surface area contributed by atoms with Crippen LogP contribution in [0.1, 0.15) is 23.1 Å². The number of nitrogens with zero attached hydrogens (tertiary/aromatic N) is 2. The standard InChI is InChI=1S/C23H25N3O2S/c1-5-12-26-22(28)20(29-23(26)25-18-9-7-6-8-16(18)3)14-21(27)24-19-11-10-15(2)13-17(19)4/h5-11,13,20H,1,12,14H2,2-4H3,(H,24,27)/t20-/m0/s1. The van der Waals surface area contributed by atoms with Gasteiger partial charge in [-0.05, 0) is 44.0 Å². The first-order valence-electron chi connectivity index (χ1n) is 9.49. The smallest absolute Gasteiger partial charge is 0.242 e. The van der Waals surface area contributed by atoms with Gasteiger partial charge in [-0.15, -0.1) is 6.58 Å². The van der Waals surface area contributed by atoms with Crippen LogP contribution >= 0.6 is 11.8 Å². The molecule has 2 aromatic carbocycles. The first-order valence-corrected chi connectivity index (χ1v) is 10.4. The van der Waals surface area contributed by atoms with E-state index >= 15 is 0 Å². The second kappa shape index (κ2) is 9.09. The van der Waals surface area contributed by atoms with Gasteiger partial charge in [0.25, 0.3) is 0 Å². The molecule has 6 heteroatoms. The van der Waals surface area contributed by atoms with Crippen molar-refractivity contribution in [2.45, 2.75) is 32.4 Å². The van der Waals surface area contributed by atoms with E-state index in [4.69, 9.17) is 0 Å². The van der Waals surface area contributed by atoms with E-state index in [0.29, 0.717) is 11.7 Å². The lowest BCUT2D eigenvalue weighted by Gasteiger charge is -2.14. The maximum atomic E-state index is 12.9.